The van der Waals surface area contributed by atoms with E-state index in [2.05, 4.69) is 10.2 Å². The number of carbonyl (C=O) groups is 1. The summed E-state index contributed by atoms with van der Waals surface area (Å²) in [6.45, 7) is 1.66. The standard InChI is InChI=1S/C10H15N3O4S/c1-10(9(14)15)5-2-3-7-13(10)18(16,17)8-4-6-11-12-8/h4,6H,2-3,5,7H2,1H3,(H,11,12)(H,14,15). The van der Waals surface area contributed by atoms with Gasteiger partial charge in [0.1, 0.15) is 5.54 Å². The van der Waals surface area contributed by atoms with Crippen LogP contribution in [0.3, 0.4) is 0 Å². The molecule has 8 heteroatoms. The monoisotopic (exact) mass is 273 g/mol. The smallest absolute Gasteiger partial charge is 0.324 e. The molecule has 0 amide bonds. The molecule has 18 heavy (non-hydrogen) atoms. The Morgan fingerprint density at radius 2 is 2.28 bits per heavy atom. The molecular formula is C10H15N3O4S. The number of aromatic amines is 1. The highest BCUT2D eigenvalue weighted by Crippen LogP contribution is 2.32. The summed E-state index contributed by atoms with van der Waals surface area (Å²) >= 11 is 0. The molecule has 100 valence electrons. The van der Waals surface area contributed by atoms with Crippen LogP contribution < -0.4 is 0 Å². The van der Waals surface area contributed by atoms with Crippen LogP contribution in [0.1, 0.15) is 26.2 Å². The number of hydrogen-bond donors (Lipinski definition) is 2. The number of nitrogens with zero attached hydrogens (tertiary/aromatic N) is 2. The molecule has 0 saturated carbocycles. The molecule has 0 bridgehead atoms. The van der Waals surface area contributed by atoms with E-state index in [0.29, 0.717) is 19.3 Å². The van der Waals surface area contributed by atoms with Crippen molar-refractivity contribution in [1.29, 1.82) is 0 Å². The van der Waals surface area contributed by atoms with Crippen LogP contribution in [0.2, 0.25) is 0 Å². The Balaban J connectivity index is 2.45. The maximum Gasteiger partial charge on any atom is 0.324 e. The van der Waals surface area contributed by atoms with E-state index in [1.165, 1.54) is 19.2 Å². The molecule has 0 aliphatic carbocycles. The maximum atomic E-state index is 12.4. The molecule has 1 aliphatic heterocycles. The van der Waals surface area contributed by atoms with Crippen molar-refractivity contribution in [3.05, 3.63) is 12.3 Å². The number of aromatic nitrogens is 2. The molecule has 1 unspecified atom stereocenters. The fourth-order valence-corrected chi connectivity index (χ4v) is 3.91. The Hall–Kier alpha value is -1.41. The average molecular weight is 273 g/mol. The van der Waals surface area contributed by atoms with Gasteiger partial charge in [0.2, 0.25) is 0 Å². The lowest BCUT2D eigenvalue weighted by molar-refractivity contribution is -0.149. The maximum absolute atomic E-state index is 12.4. The summed E-state index contributed by atoms with van der Waals surface area (Å²) in [6.07, 6.45) is 3.01. The Labute approximate surface area is 105 Å². The van der Waals surface area contributed by atoms with E-state index < -0.39 is 21.5 Å². The fourth-order valence-electron chi connectivity index (χ4n) is 2.20. The first-order valence-corrected chi connectivity index (χ1v) is 7.09. The third kappa shape index (κ3) is 1.91. The lowest BCUT2D eigenvalue weighted by atomic mass is 9.91. The van der Waals surface area contributed by atoms with Crippen LogP contribution >= 0.6 is 0 Å². The molecule has 2 heterocycles. The summed E-state index contributed by atoms with van der Waals surface area (Å²) in [5, 5.41) is 15.2. The predicted octanol–water partition coefficient (Wildman–Crippen LogP) is 0.428. The van der Waals surface area contributed by atoms with Crippen LogP contribution in [0.25, 0.3) is 0 Å². The number of carboxylic acids is 1. The Bertz CT molecular complexity index is 539. The summed E-state index contributed by atoms with van der Waals surface area (Å²) < 4.78 is 25.8. The molecule has 1 aliphatic rings. The number of aliphatic carboxylic acids is 1. The minimum Gasteiger partial charge on any atom is -0.480 e. The van der Waals surface area contributed by atoms with Crippen molar-refractivity contribution in [1.82, 2.24) is 14.5 Å². The molecule has 0 radical (unpaired) electrons. The predicted molar refractivity (Wildman–Crippen MR) is 62.4 cm³/mol. The zero-order valence-electron chi connectivity index (χ0n) is 9.96. The normalized spacial score (nSPS) is 26.1. The van der Waals surface area contributed by atoms with E-state index in [4.69, 9.17) is 0 Å². The van der Waals surface area contributed by atoms with Crippen LogP contribution in [-0.4, -0.2) is 46.1 Å². The molecule has 1 aromatic heterocycles. The highest BCUT2D eigenvalue weighted by atomic mass is 32.2. The van der Waals surface area contributed by atoms with Gasteiger partial charge < -0.3 is 5.11 Å². The van der Waals surface area contributed by atoms with Crippen molar-refractivity contribution < 1.29 is 18.3 Å². The number of rotatable bonds is 3. The molecule has 1 atom stereocenters. The third-order valence-electron chi connectivity index (χ3n) is 3.33. The highest BCUT2D eigenvalue weighted by Gasteiger charge is 2.48. The average Bonchev–Trinajstić information content (AvgIpc) is 2.83. The van der Waals surface area contributed by atoms with Gasteiger partial charge in [-0.25, -0.2) is 8.42 Å². The van der Waals surface area contributed by atoms with E-state index in [1.807, 2.05) is 0 Å². The zero-order valence-corrected chi connectivity index (χ0v) is 10.8. The summed E-state index contributed by atoms with van der Waals surface area (Å²) in [6, 6.07) is 1.33. The highest BCUT2D eigenvalue weighted by molar-refractivity contribution is 7.89. The van der Waals surface area contributed by atoms with E-state index >= 15 is 0 Å². The fraction of sp³-hybridized carbons (Fsp3) is 0.600. The van der Waals surface area contributed by atoms with Gasteiger partial charge in [0.15, 0.2) is 5.03 Å². The van der Waals surface area contributed by atoms with E-state index in [0.717, 1.165) is 4.31 Å². The minimum absolute atomic E-state index is 0.0723. The van der Waals surface area contributed by atoms with Crippen LogP contribution in [0.15, 0.2) is 17.3 Å². The van der Waals surface area contributed by atoms with Crippen molar-refractivity contribution in [2.45, 2.75) is 36.8 Å². The van der Waals surface area contributed by atoms with Crippen molar-refractivity contribution in [3.63, 3.8) is 0 Å². The van der Waals surface area contributed by atoms with Crippen molar-refractivity contribution >= 4 is 16.0 Å². The van der Waals surface area contributed by atoms with E-state index in [9.17, 15) is 18.3 Å². The molecule has 7 nitrogen and oxygen atoms in total. The molecule has 0 spiro atoms. The Kier molecular flexibility index (Phi) is 3.16. The lowest BCUT2D eigenvalue weighted by Gasteiger charge is -2.39. The lowest BCUT2D eigenvalue weighted by Crippen LogP contribution is -2.57. The summed E-state index contributed by atoms with van der Waals surface area (Å²) in [5.74, 6) is -1.12. The molecule has 1 saturated heterocycles. The van der Waals surface area contributed by atoms with E-state index in [1.54, 1.807) is 0 Å². The molecule has 0 aromatic carbocycles. The molecule has 2 N–H and O–H groups in total. The largest absolute Gasteiger partial charge is 0.480 e. The molecule has 2 rings (SSSR count). The minimum atomic E-state index is -3.84. The van der Waals surface area contributed by atoms with Crippen LogP contribution in [0.4, 0.5) is 0 Å². The number of sulfonamides is 1. The first-order chi connectivity index (χ1) is 8.39. The zero-order chi connectivity index (χ0) is 13.4. The van der Waals surface area contributed by atoms with E-state index in [-0.39, 0.29) is 11.6 Å². The van der Waals surface area contributed by atoms with Crippen LogP contribution in [-0.2, 0) is 14.8 Å². The second kappa shape index (κ2) is 4.36. The number of piperidine rings is 1. The van der Waals surface area contributed by atoms with Crippen molar-refractivity contribution in [3.8, 4) is 0 Å². The molecule has 1 fully saturated rings. The number of carboxylic acid groups (broad SMARTS) is 1. The summed E-state index contributed by atoms with van der Waals surface area (Å²) in [5.41, 5.74) is -1.39. The van der Waals surface area contributed by atoms with Crippen molar-refractivity contribution in [2.24, 2.45) is 0 Å². The second-order valence-corrected chi connectivity index (χ2v) is 6.36. The Morgan fingerprint density at radius 1 is 1.56 bits per heavy atom. The third-order valence-corrected chi connectivity index (χ3v) is 5.28. The first kappa shape index (κ1) is 13.0. The van der Waals surface area contributed by atoms with Gasteiger partial charge in [0.25, 0.3) is 10.0 Å². The number of H-pyrrole nitrogens is 1. The SMILES string of the molecule is CC1(C(=O)O)CCCCN1S(=O)(=O)c1ccn[nH]1. The first-order valence-electron chi connectivity index (χ1n) is 5.64. The van der Waals surface area contributed by atoms with Gasteiger partial charge in [-0.15, -0.1) is 0 Å². The van der Waals surface area contributed by atoms with Gasteiger partial charge >= 0.3 is 5.97 Å². The van der Waals surface area contributed by atoms with Crippen molar-refractivity contribution in [2.75, 3.05) is 6.54 Å². The summed E-state index contributed by atoms with van der Waals surface area (Å²) in [4.78, 5) is 11.4. The topological polar surface area (TPSA) is 103 Å². The van der Waals surface area contributed by atoms with Gasteiger partial charge in [-0.1, -0.05) is 0 Å². The quantitative estimate of drug-likeness (QED) is 0.831. The summed E-state index contributed by atoms with van der Waals surface area (Å²) in [7, 11) is -3.84. The van der Waals surface area contributed by atoms with Gasteiger partial charge in [-0.2, -0.15) is 9.40 Å². The van der Waals surface area contributed by atoms with Gasteiger partial charge in [-0.05, 0) is 32.3 Å². The Morgan fingerprint density at radius 3 is 2.83 bits per heavy atom. The number of nitrogens with one attached hydrogen (secondary N) is 1. The van der Waals surface area contributed by atoms with Gasteiger partial charge in [0.05, 0.1) is 6.20 Å². The van der Waals surface area contributed by atoms with Gasteiger partial charge in [-0.3, -0.25) is 9.89 Å². The molecule has 1 aromatic rings. The molecular weight excluding hydrogens is 258 g/mol. The van der Waals surface area contributed by atoms with Gasteiger partial charge in [0, 0.05) is 6.54 Å². The number of hydrogen-bond acceptors (Lipinski definition) is 4. The van der Waals surface area contributed by atoms with Crippen LogP contribution in [0, 0.1) is 0 Å². The van der Waals surface area contributed by atoms with Crippen LogP contribution in [0.5, 0.6) is 0 Å². The second-order valence-electron chi connectivity index (χ2n) is 4.53.